The summed E-state index contributed by atoms with van der Waals surface area (Å²) in [4.78, 5) is 18.5. The van der Waals surface area contributed by atoms with Crippen LogP contribution in [0.5, 0.6) is 0 Å². The average molecular weight is 461 g/mol. The molecule has 28 heavy (non-hydrogen) atoms. The standard InChI is InChI=1S/C21H15BrF2N2OS/c22-15-4-2-14(3-5-15)16-7-8-25-10-17(16)21-26(20(27)12-28-21)11-13-1-6-18(23)19(24)9-13/h1-10,21H,11-12H2. The fraction of sp³-hybridized carbons (Fsp3) is 0.143. The molecule has 0 radical (unpaired) electrons. The van der Waals surface area contributed by atoms with Gasteiger partial charge in [-0.05, 0) is 47.0 Å². The Morgan fingerprint density at radius 1 is 1.11 bits per heavy atom. The van der Waals surface area contributed by atoms with Gasteiger partial charge in [0.1, 0.15) is 5.37 Å². The predicted octanol–water partition coefficient (Wildman–Crippen LogP) is 5.56. The Morgan fingerprint density at radius 3 is 2.64 bits per heavy atom. The van der Waals surface area contributed by atoms with Gasteiger partial charge in [-0.3, -0.25) is 9.78 Å². The van der Waals surface area contributed by atoms with E-state index >= 15 is 0 Å². The molecule has 0 bridgehead atoms. The van der Waals surface area contributed by atoms with Crippen molar-refractivity contribution < 1.29 is 13.6 Å². The minimum absolute atomic E-state index is 0.0367. The first-order chi connectivity index (χ1) is 13.5. The molecule has 1 amide bonds. The smallest absolute Gasteiger partial charge is 0.234 e. The molecule has 1 fully saturated rings. The van der Waals surface area contributed by atoms with Crippen molar-refractivity contribution in [1.82, 2.24) is 9.88 Å². The zero-order valence-electron chi connectivity index (χ0n) is 14.6. The van der Waals surface area contributed by atoms with Gasteiger partial charge in [0, 0.05) is 29.0 Å². The lowest BCUT2D eigenvalue weighted by Crippen LogP contribution is -2.28. The Labute approximate surface area is 173 Å². The van der Waals surface area contributed by atoms with Gasteiger partial charge < -0.3 is 4.90 Å². The van der Waals surface area contributed by atoms with Crippen molar-refractivity contribution in [3.63, 3.8) is 0 Å². The third kappa shape index (κ3) is 3.82. The molecular formula is C21H15BrF2N2OS. The second kappa shape index (κ2) is 8.01. The van der Waals surface area contributed by atoms with E-state index in [-0.39, 0.29) is 17.8 Å². The van der Waals surface area contributed by atoms with Crippen LogP contribution in [0.1, 0.15) is 16.5 Å². The van der Waals surface area contributed by atoms with Crippen LogP contribution in [0.2, 0.25) is 0 Å². The molecular weight excluding hydrogens is 446 g/mol. The minimum atomic E-state index is -0.912. The van der Waals surface area contributed by atoms with E-state index in [1.54, 1.807) is 17.3 Å². The Bertz CT molecular complexity index is 1030. The number of carbonyl (C=O) groups excluding carboxylic acids is 1. The number of hydrogen-bond donors (Lipinski definition) is 0. The van der Waals surface area contributed by atoms with Crippen molar-refractivity contribution in [2.45, 2.75) is 11.9 Å². The van der Waals surface area contributed by atoms with Crippen LogP contribution in [-0.2, 0) is 11.3 Å². The molecule has 1 atom stereocenters. The molecule has 1 aliphatic heterocycles. The zero-order valence-corrected chi connectivity index (χ0v) is 17.0. The highest BCUT2D eigenvalue weighted by molar-refractivity contribution is 9.10. The van der Waals surface area contributed by atoms with Gasteiger partial charge in [0.25, 0.3) is 0 Å². The van der Waals surface area contributed by atoms with E-state index in [0.29, 0.717) is 11.3 Å². The molecule has 3 nitrogen and oxygen atoms in total. The average Bonchev–Trinajstić information content (AvgIpc) is 3.06. The number of rotatable bonds is 4. The maximum absolute atomic E-state index is 13.6. The van der Waals surface area contributed by atoms with Crippen molar-refractivity contribution in [2.24, 2.45) is 0 Å². The summed E-state index contributed by atoms with van der Waals surface area (Å²) in [6.45, 7) is 0.211. The van der Waals surface area contributed by atoms with Crippen molar-refractivity contribution in [3.8, 4) is 11.1 Å². The van der Waals surface area contributed by atoms with E-state index in [1.807, 2.05) is 30.3 Å². The topological polar surface area (TPSA) is 33.2 Å². The summed E-state index contributed by atoms with van der Waals surface area (Å²) in [5.41, 5.74) is 3.48. The van der Waals surface area contributed by atoms with Gasteiger partial charge in [-0.15, -0.1) is 11.8 Å². The van der Waals surface area contributed by atoms with Crippen molar-refractivity contribution in [1.29, 1.82) is 0 Å². The zero-order chi connectivity index (χ0) is 19.7. The highest BCUT2D eigenvalue weighted by atomic mass is 79.9. The molecule has 1 unspecified atom stereocenters. The normalized spacial score (nSPS) is 16.6. The van der Waals surface area contributed by atoms with Crippen LogP contribution in [0.3, 0.4) is 0 Å². The highest BCUT2D eigenvalue weighted by Gasteiger charge is 2.34. The first-order valence-corrected chi connectivity index (χ1v) is 10.4. The molecule has 2 heterocycles. The monoisotopic (exact) mass is 460 g/mol. The van der Waals surface area contributed by atoms with E-state index in [1.165, 1.54) is 17.8 Å². The number of hydrogen-bond acceptors (Lipinski definition) is 3. The number of halogens is 3. The summed E-state index contributed by atoms with van der Waals surface area (Å²) >= 11 is 4.95. The molecule has 0 aliphatic carbocycles. The molecule has 0 spiro atoms. The summed E-state index contributed by atoms with van der Waals surface area (Å²) in [6.07, 6.45) is 3.49. The Hall–Kier alpha value is -2.25. The van der Waals surface area contributed by atoms with Crippen LogP contribution in [-0.4, -0.2) is 21.5 Å². The van der Waals surface area contributed by atoms with Gasteiger partial charge in [-0.25, -0.2) is 8.78 Å². The lowest BCUT2D eigenvalue weighted by atomic mass is 10.0. The van der Waals surface area contributed by atoms with Crippen LogP contribution >= 0.6 is 27.7 Å². The van der Waals surface area contributed by atoms with Crippen LogP contribution < -0.4 is 0 Å². The fourth-order valence-electron chi connectivity index (χ4n) is 3.21. The summed E-state index contributed by atoms with van der Waals surface area (Å²) in [5.74, 6) is -1.51. The summed E-state index contributed by atoms with van der Waals surface area (Å²) in [6, 6.07) is 13.6. The Morgan fingerprint density at radius 2 is 1.89 bits per heavy atom. The Kier molecular flexibility index (Phi) is 5.46. The number of nitrogens with zero attached hydrogens (tertiary/aromatic N) is 2. The summed E-state index contributed by atoms with van der Waals surface area (Å²) < 4.78 is 27.8. The predicted molar refractivity (Wildman–Crippen MR) is 109 cm³/mol. The van der Waals surface area contributed by atoms with Crippen LogP contribution in [0.15, 0.2) is 65.4 Å². The van der Waals surface area contributed by atoms with E-state index in [2.05, 4.69) is 20.9 Å². The van der Waals surface area contributed by atoms with Gasteiger partial charge in [-0.2, -0.15) is 0 Å². The van der Waals surface area contributed by atoms with E-state index < -0.39 is 11.6 Å². The first kappa shape index (κ1) is 19.1. The van der Waals surface area contributed by atoms with Crippen molar-refractivity contribution >= 4 is 33.6 Å². The number of pyridine rings is 1. The molecule has 142 valence electrons. The van der Waals surface area contributed by atoms with Crippen LogP contribution in [0.4, 0.5) is 8.78 Å². The SMILES string of the molecule is O=C1CSC(c2cnccc2-c2ccc(Br)cc2)N1Cc1ccc(F)c(F)c1. The molecule has 2 aromatic carbocycles. The highest BCUT2D eigenvalue weighted by Crippen LogP contribution is 2.43. The third-order valence-corrected chi connectivity index (χ3v) is 6.34. The molecule has 0 saturated carbocycles. The van der Waals surface area contributed by atoms with Gasteiger partial charge in [-0.1, -0.05) is 34.1 Å². The number of carbonyl (C=O) groups is 1. The Balaban J connectivity index is 1.69. The van der Waals surface area contributed by atoms with Crippen LogP contribution in [0, 0.1) is 11.6 Å². The lowest BCUT2D eigenvalue weighted by Gasteiger charge is -2.26. The largest absolute Gasteiger partial charge is 0.321 e. The molecule has 1 aromatic heterocycles. The van der Waals surface area contributed by atoms with Crippen LogP contribution in [0.25, 0.3) is 11.1 Å². The van der Waals surface area contributed by atoms with Gasteiger partial charge >= 0.3 is 0 Å². The number of amides is 1. The van der Waals surface area contributed by atoms with E-state index in [0.717, 1.165) is 33.3 Å². The fourth-order valence-corrected chi connectivity index (χ4v) is 4.68. The first-order valence-electron chi connectivity index (χ1n) is 8.58. The van der Waals surface area contributed by atoms with Gasteiger partial charge in [0.2, 0.25) is 5.91 Å². The number of aromatic nitrogens is 1. The van der Waals surface area contributed by atoms with E-state index in [9.17, 15) is 13.6 Å². The number of thioether (sulfide) groups is 1. The summed E-state index contributed by atoms with van der Waals surface area (Å²) in [7, 11) is 0. The summed E-state index contributed by atoms with van der Waals surface area (Å²) in [5, 5.41) is -0.243. The molecule has 1 aliphatic rings. The van der Waals surface area contributed by atoms with Crippen molar-refractivity contribution in [3.05, 3.63) is 88.2 Å². The van der Waals surface area contributed by atoms with Gasteiger partial charge in [0.15, 0.2) is 11.6 Å². The molecule has 0 N–H and O–H groups in total. The minimum Gasteiger partial charge on any atom is -0.321 e. The maximum atomic E-state index is 13.6. The third-order valence-electron chi connectivity index (χ3n) is 4.58. The molecule has 7 heteroatoms. The van der Waals surface area contributed by atoms with Gasteiger partial charge in [0.05, 0.1) is 5.75 Å². The quantitative estimate of drug-likeness (QED) is 0.510. The molecule has 3 aromatic rings. The number of benzene rings is 2. The molecule has 1 saturated heterocycles. The van der Waals surface area contributed by atoms with Crippen molar-refractivity contribution in [2.75, 3.05) is 5.75 Å². The maximum Gasteiger partial charge on any atom is 0.234 e. The second-order valence-electron chi connectivity index (χ2n) is 6.40. The second-order valence-corrected chi connectivity index (χ2v) is 8.39. The van der Waals surface area contributed by atoms with E-state index in [4.69, 9.17) is 0 Å². The lowest BCUT2D eigenvalue weighted by molar-refractivity contribution is -0.128. The molecule has 4 rings (SSSR count).